The van der Waals surface area contributed by atoms with E-state index in [9.17, 15) is 34.5 Å². The summed E-state index contributed by atoms with van der Waals surface area (Å²) in [7, 11) is -5.24. The number of nitrogens with one attached hydrogen (secondary N) is 1. The highest BCUT2D eigenvalue weighted by molar-refractivity contribution is 7.53. The lowest BCUT2D eigenvalue weighted by Gasteiger charge is -2.32. The summed E-state index contributed by atoms with van der Waals surface area (Å²) >= 11 is 6.13. The van der Waals surface area contributed by atoms with Crippen molar-refractivity contribution in [1.82, 2.24) is 19.7 Å². The molecule has 0 spiro atoms. The molecule has 2 aliphatic rings. The minimum absolute atomic E-state index is 0.0773. The van der Waals surface area contributed by atoms with E-state index in [1.807, 2.05) is 0 Å². The lowest BCUT2D eigenvalue weighted by molar-refractivity contribution is -0.122. The van der Waals surface area contributed by atoms with E-state index in [0.717, 1.165) is 25.7 Å². The van der Waals surface area contributed by atoms with E-state index >= 15 is 0 Å². The fourth-order valence-electron chi connectivity index (χ4n) is 4.34. The van der Waals surface area contributed by atoms with E-state index in [4.69, 9.17) is 26.8 Å². The van der Waals surface area contributed by atoms with E-state index < -0.39 is 63.4 Å². The molecule has 2 aromatic rings. The highest BCUT2D eigenvalue weighted by Crippen LogP contribution is 2.51. The van der Waals surface area contributed by atoms with Gasteiger partial charge < -0.3 is 50.4 Å². The number of hydrogen-bond donors (Lipinski definition) is 7. The molecule has 1 aliphatic heterocycles. The maximum atomic E-state index is 12.0. The molecule has 16 nitrogen and oxygen atoms in total. The Morgan fingerprint density at radius 3 is 2.62 bits per heavy atom. The second-order valence-electron chi connectivity index (χ2n) is 8.91. The maximum Gasteiger partial charge on any atom is 0.404 e. The van der Waals surface area contributed by atoms with Gasteiger partial charge in [-0.1, -0.05) is 12.8 Å². The molecule has 0 aromatic carbocycles. The highest BCUT2D eigenvalue weighted by Gasteiger charge is 2.52. The standard InChI is InChI=1S/C19H28ClN6O10P/c20-17-24-14(23-9-3-1-2-4-9)10-5-22-26(15(10)25-17)16-13(29)12(28)11(36-16)6-35-19(7-27,37(31,32)33)8-34-18(21)30/h5,9,11-13,16,27-29H,1-4,6-8H2,(H2,21,30)(H,23,24,25)(H2,31,32,33)/t11-,12-,13-,16-,19-/m1/s1. The Balaban J connectivity index is 1.54. The van der Waals surface area contributed by atoms with Crippen LogP contribution in [0, 0.1) is 0 Å². The Morgan fingerprint density at radius 1 is 1.30 bits per heavy atom. The average molecular weight is 567 g/mol. The number of rotatable bonds is 10. The fraction of sp³-hybridized carbons (Fsp3) is 0.684. The maximum absolute atomic E-state index is 12.0. The lowest BCUT2D eigenvalue weighted by atomic mass is 10.1. The van der Waals surface area contributed by atoms with E-state index in [1.165, 1.54) is 10.9 Å². The molecule has 0 bridgehead atoms. The van der Waals surface area contributed by atoms with Crippen LogP contribution in [-0.4, -0.2) is 100 Å². The zero-order valence-corrected chi connectivity index (χ0v) is 21.0. The Labute approximate surface area is 214 Å². The van der Waals surface area contributed by atoms with Gasteiger partial charge in [0, 0.05) is 6.04 Å². The van der Waals surface area contributed by atoms with Crippen LogP contribution in [0.4, 0.5) is 10.6 Å². The van der Waals surface area contributed by atoms with Crippen molar-refractivity contribution in [1.29, 1.82) is 0 Å². The molecule has 1 saturated carbocycles. The van der Waals surface area contributed by atoms with Crippen LogP contribution in [0.5, 0.6) is 0 Å². The quantitative estimate of drug-likeness (QED) is 0.141. The largest absolute Gasteiger partial charge is 0.446 e. The Bertz CT molecular complexity index is 1180. The third-order valence-corrected chi connectivity index (χ3v) is 8.07. The number of hydrogen-bond acceptors (Lipinski definition) is 12. The topological polar surface area (TPSA) is 245 Å². The van der Waals surface area contributed by atoms with Gasteiger partial charge in [-0.25, -0.2) is 9.48 Å². The Morgan fingerprint density at radius 2 is 2.00 bits per heavy atom. The first-order chi connectivity index (χ1) is 17.5. The number of primary amides is 1. The molecule has 3 heterocycles. The molecule has 0 radical (unpaired) electrons. The van der Waals surface area contributed by atoms with Crippen LogP contribution >= 0.6 is 19.2 Å². The zero-order chi connectivity index (χ0) is 27.0. The number of carbonyl (C=O) groups excluding carboxylic acids is 1. The predicted molar refractivity (Wildman–Crippen MR) is 125 cm³/mol. The molecule has 1 amide bonds. The van der Waals surface area contributed by atoms with Crippen LogP contribution in [0.1, 0.15) is 31.9 Å². The number of aliphatic hydroxyl groups is 3. The van der Waals surface area contributed by atoms with Crippen LogP contribution in [0.25, 0.3) is 11.0 Å². The number of carbonyl (C=O) groups is 1. The van der Waals surface area contributed by atoms with Gasteiger partial charge in [0.05, 0.1) is 24.8 Å². The molecule has 1 saturated heterocycles. The number of nitrogens with two attached hydrogens (primary N) is 1. The monoisotopic (exact) mass is 566 g/mol. The van der Waals surface area contributed by atoms with Crippen molar-refractivity contribution in [2.45, 2.75) is 61.6 Å². The molecular weight excluding hydrogens is 539 g/mol. The number of nitrogens with zero attached hydrogens (tertiary/aromatic N) is 4. The second-order valence-corrected chi connectivity index (χ2v) is 11.1. The zero-order valence-electron chi connectivity index (χ0n) is 19.4. The van der Waals surface area contributed by atoms with Gasteiger partial charge >= 0.3 is 13.7 Å². The number of amides is 1. The Kier molecular flexibility index (Phi) is 8.23. The minimum Gasteiger partial charge on any atom is -0.446 e. The highest BCUT2D eigenvalue weighted by atomic mass is 35.5. The van der Waals surface area contributed by atoms with Crippen molar-refractivity contribution in [3.05, 3.63) is 11.5 Å². The van der Waals surface area contributed by atoms with Crippen LogP contribution < -0.4 is 11.1 Å². The van der Waals surface area contributed by atoms with Crippen molar-refractivity contribution >= 4 is 42.1 Å². The fourth-order valence-corrected chi connectivity index (χ4v) is 5.17. The van der Waals surface area contributed by atoms with Gasteiger partial charge in [-0.3, -0.25) is 4.57 Å². The summed E-state index contributed by atoms with van der Waals surface area (Å²) in [6, 6.07) is 0.216. The normalized spacial score (nSPS) is 26.4. The molecule has 18 heteroatoms. The predicted octanol–water partition coefficient (Wildman–Crippen LogP) is -0.568. The summed E-state index contributed by atoms with van der Waals surface area (Å²) in [4.78, 5) is 38.8. The number of fused-ring (bicyclic) bond motifs is 1. The van der Waals surface area contributed by atoms with Gasteiger partial charge in [-0.2, -0.15) is 15.1 Å². The van der Waals surface area contributed by atoms with Crippen molar-refractivity contribution in [2.24, 2.45) is 5.73 Å². The van der Waals surface area contributed by atoms with E-state index in [-0.39, 0.29) is 17.0 Å². The Hall–Kier alpha value is -2.14. The molecular formula is C19H28ClN6O10P. The molecule has 2 fully saturated rings. The van der Waals surface area contributed by atoms with Gasteiger partial charge in [-0.15, -0.1) is 0 Å². The second kappa shape index (κ2) is 10.9. The van der Waals surface area contributed by atoms with Gasteiger partial charge in [0.15, 0.2) is 11.9 Å². The summed E-state index contributed by atoms with van der Waals surface area (Å²) < 4.78 is 28.6. The summed E-state index contributed by atoms with van der Waals surface area (Å²) in [5.74, 6) is 0.463. The third-order valence-electron chi connectivity index (χ3n) is 6.43. The number of halogens is 1. The van der Waals surface area contributed by atoms with Crippen LogP contribution in [-0.2, 0) is 18.8 Å². The number of aliphatic hydroxyl groups excluding tert-OH is 3. The van der Waals surface area contributed by atoms with Crippen LogP contribution in [0.3, 0.4) is 0 Å². The first-order valence-electron chi connectivity index (χ1n) is 11.4. The summed E-state index contributed by atoms with van der Waals surface area (Å²) in [6.07, 6.45) is -1.52. The SMILES string of the molecule is NC(=O)OC[C@](CO)(OC[C@H]1O[C@@H](n2ncc3c(NC4CCCC4)nc(Cl)nc32)[C@H](O)[C@@H]1O)P(=O)(O)O. The number of ether oxygens (including phenoxy) is 3. The van der Waals surface area contributed by atoms with Gasteiger partial charge in [-0.05, 0) is 24.4 Å². The first kappa shape index (κ1) is 27.9. The van der Waals surface area contributed by atoms with Gasteiger partial charge in [0.25, 0.3) is 0 Å². The summed E-state index contributed by atoms with van der Waals surface area (Å²) in [5.41, 5.74) is 5.07. The van der Waals surface area contributed by atoms with Crippen molar-refractivity contribution < 1.29 is 48.7 Å². The minimum atomic E-state index is -5.24. The third kappa shape index (κ3) is 5.67. The van der Waals surface area contributed by atoms with Gasteiger partial charge in [0.2, 0.25) is 10.6 Å². The van der Waals surface area contributed by atoms with Crippen LogP contribution in [0.2, 0.25) is 5.28 Å². The van der Waals surface area contributed by atoms with E-state index in [1.54, 1.807) is 0 Å². The molecule has 8 N–H and O–H groups in total. The summed E-state index contributed by atoms with van der Waals surface area (Å²) in [6.45, 7) is -3.05. The molecule has 0 unspecified atom stereocenters. The van der Waals surface area contributed by atoms with Crippen LogP contribution in [0.15, 0.2) is 6.20 Å². The van der Waals surface area contributed by atoms with Crippen molar-refractivity contribution in [3.63, 3.8) is 0 Å². The van der Waals surface area contributed by atoms with Gasteiger partial charge in [0.1, 0.15) is 30.7 Å². The van der Waals surface area contributed by atoms with E-state index in [0.29, 0.717) is 11.2 Å². The van der Waals surface area contributed by atoms with Crippen molar-refractivity contribution in [3.8, 4) is 0 Å². The molecule has 1 aliphatic carbocycles. The molecule has 37 heavy (non-hydrogen) atoms. The van der Waals surface area contributed by atoms with E-state index in [2.05, 4.69) is 25.1 Å². The summed E-state index contributed by atoms with van der Waals surface area (Å²) in [5, 5.41) is 36.2. The van der Waals surface area contributed by atoms with Crippen molar-refractivity contribution in [2.75, 3.05) is 25.1 Å². The molecule has 4 rings (SSSR count). The molecule has 2 aromatic heterocycles. The number of anilines is 1. The smallest absolute Gasteiger partial charge is 0.404 e. The number of aromatic nitrogens is 4. The average Bonchev–Trinajstić information content (AvgIpc) is 3.55. The first-order valence-corrected chi connectivity index (χ1v) is 13.4. The molecule has 206 valence electrons. The lowest BCUT2D eigenvalue weighted by Crippen LogP contribution is -2.46. The molecule has 5 atom stereocenters.